The van der Waals surface area contributed by atoms with Crippen molar-refractivity contribution in [2.75, 3.05) is 0 Å². The van der Waals surface area contributed by atoms with E-state index in [1.165, 1.54) is 0 Å². The monoisotopic (exact) mass is 260 g/mol. The fourth-order valence-corrected chi connectivity index (χ4v) is 2.77. The minimum Gasteiger partial charge on any atom is -0.507 e. The summed E-state index contributed by atoms with van der Waals surface area (Å²) in [6.45, 7) is 0. The standard InChI is InChI=1S/C9H5ClO5S/c10-5-4-2(11)1-3(12)6(13)7(4)16-8(5)9(14)15/h1,11-13H,(H,14,15). The van der Waals surface area contributed by atoms with E-state index in [-0.39, 0.29) is 25.7 Å². The molecule has 0 aliphatic rings. The van der Waals surface area contributed by atoms with Gasteiger partial charge in [0.1, 0.15) is 10.6 Å². The van der Waals surface area contributed by atoms with Gasteiger partial charge in [-0.05, 0) is 0 Å². The Labute approximate surface area is 97.8 Å². The molecule has 0 saturated carbocycles. The number of benzene rings is 1. The topological polar surface area (TPSA) is 98.0 Å². The summed E-state index contributed by atoms with van der Waals surface area (Å²) >= 11 is 6.44. The summed E-state index contributed by atoms with van der Waals surface area (Å²) in [4.78, 5) is 10.6. The average Bonchev–Trinajstić information content (AvgIpc) is 2.53. The number of halogens is 1. The minimum atomic E-state index is -1.26. The van der Waals surface area contributed by atoms with Crippen LogP contribution in [0.25, 0.3) is 10.1 Å². The Balaban J connectivity index is 2.96. The zero-order valence-electron chi connectivity index (χ0n) is 7.56. The summed E-state index contributed by atoms with van der Waals surface area (Å²) in [6.07, 6.45) is 0. The second kappa shape index (κ2) is 3.43. The molecule has 0 radical (unpaired) electrons. The summed E-state index contributed by atoms with van der Waals surface area (Å²) in [5.74, 6) is -2.66. The predicted molar refractivity (Wildman–Crippen MR) is 58.8 cm³/mol. The Morgan fingerprint density at radius 1 is 1.25 bits per heavy atom. The van der Waals surface area contributed by atoms with E-state index in [0.717, 1.165) is 6.07 Å². The summed E-state index contributed by atoms with van der Waals surface area (Å²) in [5.41, 5.74) is 0. The molecule has 0 fully saturated rings. The quantitative estimate of drug-likeness (QED) is 0.466. The van der Waals surface area contributed by atoms with Crippen LogP contribution in [0.3, 0.4) is 0 Å². The Hall–Kier alpha value is -1.66. The average molecular weight is 261 g/mol. The van der Waals surface area contributed by atoms with Gasteiger partial charge in [-0.15, -0.1) is 11.3 Å². The maximum absolute atomic E-state index is 10.8. The van der Waals surface area contributed by atoms with Gasteiger partial charge in [-0.2, -0.15) is 0 Å². The Kier molecular flexibility index (Phi) is 2.32. The lowest BCUT2D eigenvalue weighted by molar-refractivity contribution is 0.0702. The van der Waals surface area contributed by atoms with Crippen LogP contribution >= 0.6 is 22.9 Å². The third-order valence-electron chi connectivity index (χ3n) is 2.03. The number of fused-ring (bicyclic) bond motifs is 1. The van der Waals surface area contributed by atoms with Gasteiger partial charge in [0.2, 0.25) is 0 Å². The minimum absolute atomic E-state index is 0.0272. The van der Waals surface area contributed by atoms with Crippen LogP contribution in [0.4, 0.5) is 0 Å². The van der Waals surface area contributed by atoms with E-state index in [9.17, 15) is 20.1 Å². The van der Waals surface area contributed by atoms with Crippen LogP contribution < -0.4 is 0 Å². The van der Waals surface area contributed by atoms with Crippen molar-refractivity contribution in [3.8, 4) is 17.2 Å². The fourth-order valence-electron chi connectivity index (χ4n) is 1.33. The number of rotatable bonds is 1. The number of carboxylic acid groups (broad SMARTS) is 1. The van der Waals surface area contributed by atoms with Crippen LogP contribution in [0.1, 0.15) is 9.67 Å². The molecule has 0 unspecified atom stereocenters. The first-order valence-corrected chi connectivity index (χ1v) is 5.22. The van der Waals surface area contributed by atoms with Gasteiger partial charge in [0.15, 0.2) is 11.5 Å². The van der Waals surface area contributed by atoms with Crippen molar-refractivity contribution < 1.29 is 25.2 Å². The zero-order valence-corrected chi connectivity index (χ0v) is 9.13. The highest BCUT2D eigenvalue weighted by Gasteiger charge is 2.22. The van der Waals surface area contributed by atoms with E-state index < -0.39 is 17.5 Å². The van der Waals surface area contributed by atoms with Gasteiger partial charge in [0.25, 0.3) is 0 Å². The molecule has 5 nitrogen and oxygen atoms in total. The van der Waals surface area contributed by atoms with E-state index in [1.807, 2.05) is 0 Å². The van der Waals surface area contributed by atoms with E-state index >= 15 is 0 Å². The van der Waals surface area contributed by atoms with Crippen molar-refractivity contribution in [2.24, 2.45) is 0 Å². The van der Waals surface area contributed by atoms with Crippen molar-refractivity contribution in [2.45, 2.75) is 0 Å². The number of hydrogen-bond donors (Lipinski definition) is 4. The molecular formula is C9H5ClO5S. The highest BCUT2D eigenvalue weighted by Crippen LogP contribution is 2.48. The van der Waals surface area contributed by atoms with Gasteiger partial charge in [-0.25, -0.2) is 4.79 Å². The van der Waals surface area contributed by atoms with E-state index in [1.54, 1.807) is 0 Å². The van der Waals surface area contributed by atoms with Crippen LogP contribution in [0.5, 0.6) is 17.2 Å². The molecule has 16 heavy (non-hydrogen) atoms. The van der Waals surface area contributed by atoms with Crippen LogP contribution in [0.15, 0.2) is 6.07 Å². The van der Waals surface area contributed by atoms with Gasteiger partial charge >= 0.3 is 5.97 Å². The SMILES string of the molecule is O=C(O)c1sc2c(O)c(O)cc(O)c2c1Cl. The van der Waals surface area contributed by atoms with Gasteiger partial charge in [-0.3, -0.25) is 0 Å². The number of carbonyl (C=O) groups is 1. The highest BCUT2D eigenvalue weighted by molar-refractivity contribution is 7.22. The lowest BCUT2D eigenvalue weighted by Crippen LogP contribution is -1.91. The summed E-state index contributed by atoms with van der Waals surface area (Å²) < 4.78 is 0.0416. The molecule has 2 rings (SSSR count). The first-order valence-electron chi connectivity index (χ1n) is 4.02. The molecular weight excluding hydrogens is 256 g/mol. The normalized spacial score (nSPS) is 10.8. The fraction of sp³-hybridized carbons (Fsp3) is 0. The molecule has 0 atom stereocenters. The van der Waals surface area contributed by atoms with Gasteiger partial charge in [-0.1, -0.05) is 11.6 Å². The van der Waals surface area contributed by atoms with Crippen LogP contribution in [0.2, 0.25) is 5.02 Å². The molecule has 0 bridgehead atoms. The smallest absolute Gasteiger partial charge is 0.347 e. The molecule has 1 aromatic carbocycles. The van der Waals surface area contributed by atoms with Crippen molar-refractivity contribution in [1.82, 2.24) is 0 Å². The second-order valence-corrected chi connectivity index (χ2v) is 4.42. The lowest BCUT2D eigenvalue weighted by Gasteiger charge is -2.01. The molecule has 0 aliphatic carbocycles. The number of hydrogen-bond acceptors (Lipinski definition) is 5. The first kappa shape index (κ1) is 10.8. The molecule has 0 spiro atoms. The summed E-state index contributed by atoms with van der Waals surface area (Å²) in [7, 11) is 0. The molecule has 4 N–H and O–H groups in total. The lowest BCUT2D eigenvalue weighted by atomic mass is 10.2. The van der Waals surface area contributed by atoms with Crippen LogP contribution in [0, 0.1) is 0 Å². The molecule has 0 saturated heterocycles. The van der Waals surface area contributed by atoms with Crippen molar-refractivity contribution in [3.05, 3.63) is 16.0 Å². The molecule has 1 heterocycles. The Bertz CT molecular complexity index is 604. The molecule has 2 aromatic rings. The molecule has 0 aliphatic heterocycles. The van der Waals surface area contributed by atoms with Gasteiger partial charge in [0, 0.05) is 6.07 Å². The third kappa shape index (κ3) is 1.35. The van der Waals surface area contributed by atoms with Crippen molar-refractivity contribution in [1.29, 1.82) is 0 Å². The van der Waals surface area contributed by atoms with Gasteiger partial charge < -0.3 is 20.4 Å². The summed E-state index contributed by atoms with van der Waals surface area (Å²) in [6, 6.07) is 0.905. The van der Waals surface area contributed by atoms with E-state index in [0.29, 0.717) is 11.3 Å². The Morgan fingerprint density at radius 2 is 1.88 bits per heavy atom. The number of carboxylic acids is 1. The predicted octanol–water partition coefficient (Wildman–Crippen LogP) is 2.37. The van der Waals surface area contributed by atoms with Crippen molar-refractivity contribution >= 4 is 39.0 Å². The number of aromatic carboxylic acids is 1. The maximum Gasteiger partial charge on any atom is 0.347 e. The molecule has 0 amide bonds. The largest absolute Gasteiger partial charge is 0.507 e. The molecule has 84 valence electrons. The second-order valence-electron chi connectivity index (χ2n) is 3.02. The number of phenolic OH excluding ortho intramolecular Hbond substituents is 3. The number of phenols is 3. The molecule has 7 heteroatoms. The van der Waals surface area contributed by atoms with Crippen LogP contribution in [-0.4, -0.2) is 26.4 Å². The number of thiophene rings is 1. The third-order valence-corrected chi connectivity index (χ3v) is 3.71. The highest BCUT2D eigenvalue weighted by atomic mass is 35.5. The molecule has 1 aromatic heterocycles. The van der Waals surface area contributed by atoms with E-state index in [2.05, 4.69) is 0 Å². The summed E-state index contributed by atoms with van der Waals surface area (Å²) in [5, 5.41) is 36.9. The maximum atomic E-state index is 10.8. The van der Waals surface area contributed by atoms with Crippen LogP contribution in [-0.2, 0) is 0 Å². The van der Waals surface area contributed by atoms with Crippen molar-refractivity contribution in [3.63, 3.8) is 0 Å². The number of aromatic hydroxyl groups is 3. The van der Waals surface area contributed by atoms with E-state index in [4.69, 9.17) is 16.7 Å². The Morgan fingerprint density at radius 3 is 2.44 bits per heavy atom. The first-order chi connectivity index (χ1) is 7.43. The zero-order chi connectivity index (χ0) is 12.0. The van der Waals surface area contributed by atoms with Gasteiger partial charge in [0.05, 0.1) is 15.1 Å².